The second kappa shape index (κ2) is 9.45. The summed E-state index contributed by atoms with van der Waals surface area (Å²) >= 11 is 1.31. The molecule has 1 heterocycles. The zero-order chi connectivity index (χ0) is 21.7. The molecular weight excluding hydrogens is 406 g/mol. The minimum absolute atomic E-state index is 0.0685. The molecule has 0 bridgehead atoms. The number of rotatable bonds is 8. The number of aromatic nitrogens is 2. The summed E-state index contributed by atoms with van der Waals surface area (Å²) in [5.74, 6) is 1.62. The molecule has 8 nitrogen and oxygen atoms in total. The highest BCUT2D eigenvalue weighted by Crippen LogP contribution is 2.30. The second-order valence-electron chi connectivity index (χ2n) is 6.41. The van der Waals surface area contributed by atoms with E-state index in [0.717, 1.165) is 0 Å². The van der Waals surface area contributed by atoms with Gasteiger partial charge in [-0.1, -0.05) is 12.1 Å². The van der Waals surface area contributed by atoms with E-state index in [1.54, 1.807) is 36.4 Å². The van der Waals surface area contributed by atoms with Crippen LogP contribution in [0.2, 0.25) is 0 Å². The first-order valence-electron chi connectivity index (χ1n) is 9.04. The first kappa shape index (κ1) is 21.4. The smallest absolute Gasteiger partial charge is 0.258 e. The summed E-state index contributed by atoms with van der Waals surface area (Å²) in [6, 6.07) is 9.99. The minimum atomic E-state index is -0.290. The number of nitrogens with zero attached hydrogens (tertiary/aromatic N) is 1. The highest BCUT2D eigenvalue weighted by atomic mass is 32.2. The van der Waals surface area contributed by atoms with Crippen LogP contribution in [-0.2, 0) is 10.5 Å². The number of hydrogen-bond donors (Lipinski definition) is 2. The molecule has 30 heavy (non-hydrogen) atoms. The van der Waals surface area contributed by atoms with Crippen molar-refractivity contribution in [3.8, 4) is 11.5 Å². The third-order valence-corrected chi connectivity index (χ3v) is 5.23. The lowest BCUT2D eigenvalue weighted by Gasteiger charge is -2.09. The van der Waals surface area contributed by atoms with Crippen LogP contribution in [0.1, 0.15) is 23.1 Å². The van der Waals surface area contributed by atoms with Crippen molar-refractivity contribution in [3.63, 3.8) is 0 Å². The molecule has 1 aromatic heterocycles. The van der Waals surface area contributed by atoms with Crippen molar-refractivity contribution in [1.29, 1.82) is 0 Å². The number of fused-ring (bicyclic) bond motifs is 1. The normalized spacial score (nSPS) is 10.6. The highest BCUT2D eigenvalue weighted by Gasteiger charge is 2.12. The maximum absolute atomic E-state index is 12.4. The quantitative estimate of drug-likeness (QED) is 0.532. The summed E-state index contributed by atoms with van der Waals surface area (Å²) in [6.07, 6.45) is 0. The van der Waals surface area contributed by atoms with Crippen molar-refractivity contribution in [2.75, 3.05) is 25.3 Å². The Labute approximate surface area is 177 Å². The van der Waals surface area contributed by atoms with E-state index in [2.05, 4.69) is 15.3 Å². The molecule has 3 aromatic rings. The Morgan fingerprint density at radius 3 is 2.57 bits per heavy atom. The van der Waals surface area contributed by atoms with Crippen molar-refractivity contribution < 1.29 is 19.1 Å². The molecule has 0 saturated heterocycles. The Morgan fingerprint density at radius 2 is 1.87 bits per heavy atom. The van der Waals surface area contributed by atoms with E-state index >= 15 is 0 Å². The summed E-state index contributed by atoms with van der Waals surface area (Å²) < 4.78 is 10.5. The van der Waals surface area contributed by atoms with Gasteiger partial charge >= 0.3 is 0 Å². The number of methoxy groups -OCH3 is 2. The molecule has 156 valence electrons. The molecule has 1 amide bonds. The van der Waals surface area contributed by atoms with Crippen LogP contribution in [0.15, 0.2) is 41.2 Å². The molecular formula is C21H21N3O5S. The number of carbonyl (C=O) groups excluding carboxylic acids is 2. The third kappa shape index (κ3) is 4.98. The van der Waals surface area contributed by atoms with Gasteiger partial charge in [-0.2, -0.15) is 0 Å². The number of carbonyl (C=O) groups is 2. The Balaban J connectivity index is 1.65. The Hall–Kier alpha value is -3.33. The standard InChI is InChI=1S/C21H21N3O5S/c1-12(25)13-5-4-6-14(7-13)22-20(26)11-30-10-19-23-16-9-18(29-3)17(28-2)8-15(16)21(27)24-19/h4-9H,10-11H2,1-3H3,(H,22,26)(H,23,24,27). The number of aromatic amines is 1. The lowest BCUT2D eigenvalue weighted by Crippen LogP contribution is -2.15. The summed E-state index contributed by atoms with van der Waals surface area (Å²) in [5.41, 5.74) is 1.29. The molecule has 0 aliphatic heterocycles. The maximum Gasteiger partial charge on any atom is 0.258 e. The van der Waals surface area contributed by atoms with Gasteiger partial charge in [0.1, 0.15) is 5.82 Å². The van der Waals surface area contributed by atoms with Crippen molar-refractivity contribution in [2.45, 2.75) is 12.7 Å². The fourth-order valence-electron chi connectivity index (χ4n) is 2.84. The molecule has 0 fully saturated rings. The number of thioether (sulfide) groups is 1. The summed E-state index contributed by atoms with van der Waals surface area (Å²) in [6.45, 7) is 1.47. The van der Waals surface area contributed by atoms with Crippen LogP contribution >= 0.6 is 11.8 Å². The van der Waals surface area contributed by atoms with Crippen molar-refractivity contribution in [1.82, 2.24) is 9.97 Å². The lowest BCUT2D eigenvalue weighted by atomic mass is 10.1. The van der Waals surface area contributed by atoms with Gasteiger partial charge in [-0.3, -0.25) is 14.4 Å². The number of ether oxygens (including phenoxy) is 2. The van der Waals surface area contributed by atoms with Gasteiger partial charge in [-0.05, 0) is 25.1 Å². The first-order valence-corrected chi connectivity index (χ1v) is 10.2. The van der Waals surface area contributed by atoms with E-state index < -0.39 is 0 Å². The van der Waals surface area contributed by atoms with Crippen LogP contribution in [0.5, 0.6) is 11.5 Å². The Bertz CT molecular complexity index is 1160. The molecule has 0 atom stereocenters. The van der Waals surface area contributed by atoms with Crippen LogP contribution < -0.4 is 20.3 Å². The number of nitrogens with one attached hydrogen (secondary N) is 2. The second-order valence-corrected chi connectivity index (χ2v) is 7.40. The van der Waals surface area contributed by atoms with Crippen molar-refractivity contribution in [3.05, 3.63) is 58.1 Å². The predicted molar refractivity (Wildman–Crippen MR) is 117 cm³/mol. The molecule has 3 rings (SSSR count). The number of anilines is 1. The molecule has 2 N–H and O–H groups in total. The van der Waals surface area contributed by atoms with Crippen LogP contribution in [0, 0.1) is 0 Å². The van der Waals surface area contributed by atoms with E-state index in [1.165, 1.54) is 32.9 Å². The summed E-state index contributed by atoms with van der Waals surface area (Å²) in [4.78, 5) is 43.2. The van der Waals surface area contributed by atoms with Crippen molar-refractivity contribution in [2.24, 2.45) is 0 Å². The maximum atomic E-state index is 12.4. The monoisotopic (exact) mass is 427 g/mol. The van der Waals surface area contributed by atoms with Crippen LogP contribution in [0.4, 0.5) is 5.69 Å². The molecule has 0 aliphatic rings. The first-order chi connectivity index (χ1) is 14.4. The fraction of sp³-hybridized carbons (Fsp3) is 0.238. The molecule has 0 saturated carbocycles. The highest BCUT2D eigenvalue weighted by molar-refractivity contribution is 7.99. The molecule has 0 radical (unpaired) electrons. The zero-order valence-corrected chi connectivity index (χ0v) is 17.6. The number of ketones is 1. The van der Waals surface area contributed by atoms with E-state index in [4.69, 9.17) is 9.47 Å². The topological polar surface area (TPSA) is 110 Å². The van der Waals surface area contributed by atoms with Crippen LogP contribution in [0.25, 0.3) is 10.9 Å². The van der Waals surface area contributed by atoms with Gasteiger partial charge in [0.2, 0.25) is 5.91 Å². The zero-order valence-electron chi connectivity index (χ0n) is 16.8. The fourth-order valence-corrected chi connectivity index (χ4v) is 3.53. The SMILES string of the molecule is COc1cc2nc(CSCC(=O)Nc3cccc(C(C)=O)c3)[nH]c(=O)c2cc1OC. The van der Waals surface area contributed by atoms with Gasteiger partial charge in [-0.15, -0.1) is 11.8 Å². The van der Waals surface area contributed by atoms with Crippen molar-refractivity contribution >= 4 is 40.0 Å². The van der Waals surface area contributed by atoms with Gasteiger partial charge in [0.25, 0.3) is 5.56 Å². The number of H-pyrrole nitrogens is 1. The van der Waals surface area contributed by atoms with E-state index in [-0.39, 0.29) is 23.0 Å². The van der Waals surface area contributed by atoms with Gasteiger partial charge < -0.3 is 19.8 Å². The Morgan fingerprint density at radius 1 is 1.13 bits per heavy atom. The van der Waals surface area contributed by atoms with Gasteiger partial charge in [-0.25, -0.2) is 4.98 Å². The number of hydrogen-bond acceptors (Lipinski definition) is 7. The number of amides is 1. The number of benzene rings is 2. The lowest BCUT2D eigenvalue weighted by molar-refractivity contribution is -0.113. The van der Waals surface area contributed by atoms with Crippen LogP contribution in [-0.4, -0.2) is 41.6 Å². The number of Topliss-reactive ketones (excluding diaryl/α,β-unsaturated/α-hetero) is 1. The molecule has 0 aliphatic carbocycles. The average molecular weight is 427 g/mol. The van der Waals surface area contributed by atoms with Gasteiger partial charge in [0.15, 0.2) is 17.3 Å². The minimum Gasteiger partial charge on any atom is -0.493 e. The van der Waals surface area contributed by atoms with E-state index in [9.17, 15) is 14.4 Å². The molecule has 2 aromatic carbocycles. The summed E-state index contributed by atoms with van der Waals surface area (Å²) in [5, 5.41) is 3.15. The van der Waals surface area contributed by atoms with E-state index in [1.807, 2.05) is 0 Å². The third-order valence-electron chi connectivity index (χ3n) is 4.28. The molecule has 0 spiro atoms. The molecule has 9 heteroatoms. The largest absolute Gasteiger partial charge is 0.493 e. The van der Waals surface area contributed by atoms with Crippen LogP contribution in [0.3, 0.4) is 0 Å². The van der Waals surface area contributed by atoms with Gasteiger partial charge in [0.05, 0.1) is 36.6 Å². The molecule has 0 unspecified atom stereocenters. The average Bonchev–Trinajstić information content (AvgIpc) is 2.73. The predicted octanol–water partition coefficient (Wildman–Crippen LogP) is 3.01. The van der Waals surface area contributed by atoms with E-state index in [0.29, 0.717) is 45.2 Å². The summed E-state index contributed by atoms with van der Waals surface area (Å²) in [7, 11) is 3.01. The van der Waals surface area contributed by atoms with Gasteiger partial charge in [0, 0.05) is 17.3 Å². The Kier molecular flexibility index (Phi) is 6.73.